The molecule has 1 aromatic carbocycles. The lowest BCUT2D eigenvalue weighted by atomic mass is 9.98. The third-order valence-electron chi connectivity index (χ3n) is 3.94. The second-order valence-electron chi connectivity index (χ2n) is 5.37. The molecule has 102 valence electrons. The molecule has 1 rings (SSSR count). The van der Waals surface area contributed by atoms with Crippen LogP contribution in [0.15, 0.2) is 30.3 Å². The van der Waals surface area contributed by atoms with Crippen molar-refractivity contribution >= 4 is 0 Å². The zero-order valence-corrected chi connectivity index (χ0v) is 12.5. The van der Waals surface area contributed by atoms with E-state index in [9.17, 15) is 0 Å². The van der Waals surface area contributed by atoms with Crippen LogP contribution in [0.4, 0.5) is 0 Å². The second-order valence-corrected chi connectivity index (χ2v) is 5.37. The van der Waals surface area contributed by atoms with Crippen molar-refractivity contribution in [2.45, 2.75) is 39.3 Å². The van der Waals surface area contributed by atoms with Gasteiger partial charge in [0, 0.05) is 18.6 Å². The molecule has 0 spiro atoms. The van der Waals surface area contributed by atoms with E-state index in [4.69, 9.17) is 0 Å². The minimum absolute atomic E-state index is 0.389. The summed E-state index contributed by atoms with van der Waals surface area (Å²) in [5, 5.41) is 3.45. The van der Waals surface area contributed by atoms with Crippen molar-refractivity contribution in [1.82, 2.24) is 10.2 Å². The minimum atomic E-state index is 0.389. The van der Waals surface area contributed by atoms with Gasteiger partial charge >= 0.3 is 0 Å². The van der Waals surface area contributed by atoms with Crippen molar-refractivity contribution in [3.8, 4) is 0 Å². The number of hydrogen-bond donors (Lipinski definition) is 1. The van der Waals surface area contributed by atoms with Crippen LogP contribution in [0.3, 0.4) is 0 Å². The molecule has 0 aromatic heterocycles. The van der Waals surface area contributed by atoms with Gasteiger partial charge in [0.25, 0.3) is 0 Å². The maximum absolute atomic E-state index is 3.45. The van der Waals surface area contributed by atoms with Gasteiger partial charge in [0.15, 0.2) is 0 Å². The highest BCUT2D eigenvalue weighted by molar-refractivity contribution is 5.20. The van der Waals surface area contributed by atoms with Crippen molar-refractivity contribution in [3.63, 3.8) is 0 Å². The Hall–Kier alpha value is -0.860. The van der Waals surface area contributed by atoms with Gasteiger partial charge in [-0.25, -0.2) is 0 Å². The van der Waals surface area contributed by atoms with Gasteiger partial charge in [-0.1, -0.05) is 50.6 Å². The summed E-state index contributed by atoms with van der Waals surface area (Å²) in [5.41, 5.74) is 1.36. The van der Waals surface area contributed by atoms with Crippen LogP contribution in [0, 0.1) is 5.92 Å². The van der Waals surface area contributed by atoms with Crippen molar-refractivity contribution in [1.29, 1.82) is 0 Å². The molecule has 0 aliphatic rings. The minimum Gasteiger partial charge on any atom is -0.312 e. The van der Waals surface area contributed by atoms with E-state index in [0.717, 1.165) is 12.5 Å². The van der Waals surface area contributed by atoms with Crippen LogP contribution in [0.2, 0.25) is 0 Å². The van der Waals surface area contributed by atoms with Gasteiger partial charge in [0.2, 0.25) is 0 Å². The van der Waals surface area contributed by atoms with E-state index in [1.165, 1.54) is 12.0 Å². The van der Waals surface area contributed by atoms with Crippen LogP contribution in [0.25, 0.3) is 0 Å². The molecule has 0 bridgehead atoms. The molecule has 0 heterocycles. The molecule has 2 nitrogen and oxygen atoms in total. The molecule has 0 radical (unpaired) electrons. The molecular weight excluding hydrogens is 220 g/mol. The van der Waals surface area contributed by atoms with Crippen LogP contribution < -0.4 is 5.32 Å². The Labute approximate surface area is 112 Å². The van der Waals surface area contributed by atoms with Gasteiger partial charge < -0.3 is 10.2 Å². The molecule has 0 aliphatic heterocycles. The lowest BCUT2D eigenvalue weighted by Gasteiger charge is -2.33. The third kappa shape index (κ3) is 4.11. The average molecular weight is 248 g/mol. The standard InChI is InChI=1S/C16H28N2/c1-6-13(2)12-18(5)14(3)16(17-4)15-10-8-7-9-11-15/h7-11,13-14,16-17H,6,12H2,1-5H3. The van der Waals surface area contributed by atoms with E-state index >= 15 is 0 Å². The van der Waals surface area contributed by atoms with Crippen LogP contribution >= 0.6 is 0 Å². The Morgan fingerprint density at radius 1 is 1.17 bits per heavy atom. The molecule has 0 amide bonds. The molecule has 1 aromatic rings. The highest BCUT2D eigenvalue weighted by Crippen LogP contribution is 2.20. The lowest BCUT2D eigenvalue weighted by Crippen LogP contribution is -2.41. The first-order valence-electron chi connectivity index (χ1n) is 7.02. The van der Waals surface area contributed by atoms with Crippen LogP contribution in [0.1, 0.15) is 38.8 Å². The van der Waals surface area contributed by atoms with Gasteiger partial charge in [0.05, 0.1) is 0 Å². The van der Waals surface area contributed by atoms with Gasteiger partial charge in [-0.05, 0) is 32.5 Å². The Morgan fingerprint density at radius 3 is 2.28 bits per heavy atom. The van der Waals surface area contributed by atoms with Gasteiger partial charge in [-0.15, -0.1) is 0 Å². The Kier molecular flexibility index (Phi) is 6.37. The summed E-state index contributed by atoms with van der Waals surface area (Å²) >= 11 is 0. The fourth-order valence-corrected chi connectivity index (χ4v) is 2.39. The molecule has 0 fully saturated rings. The van der Waals surface area contributed by atoms with E-state index < -0.39 is 0 Å². The van der Waals surface area contributed by atoms with E-state index in [2.05, 4.69) is 68.4 Å². The first-order chi connectivity index (χ1) is 8.60. The van der Waals surface area contributed by atoms with Crippen molar-refractivity contribution in [2.24, 2.45) is 5.92 Å². The molecule has 0 saturated heterocycles. The Bertz CT molecular complexity index is 323. The predicted molar refractivity (Wildman–Crippen MR) is 79.8 cm³/mol. The molecule has 1 N–H and O–H groups in total. The van der Waals surface area contributed by atoms with E-state index in [-0.39, 0.29) is 0 Å². The number of benzene rings is 1. The van der Waals surface area contributed by atoms with Gasteiger partial charge in [0.1, 0.15) is 0 Å². The fraction of sp³-hybridized carbons (Fsp3) is 0.625. The maximum Gasteiger partial charge on any atom is 0.0472 e. The Morgan fingerprint density at radius 2 is 1.78 bits per heavy atom. The third-order valence-corrected chi connectivity index (χ3v) is 3.94. The SMILES string of the molecule is CCC(C)CN(C)C(C)C(NC)c1ccccc1. The van der Waals surface area contributed by atoms with E-state index in [1.54, 1.807) is 0 Å². The summed E-state index contributed by atoms with van der Waals surface area (Å²) in [6.07, 6.45) is 1.24. The van der Waals surface area contributed by atoms with Crippen molar-refractivity contribution in [2.75, 3.05) is 20.6 Å². The van der Waals surface area contributed by atoms with E-state index in [1.807, 2.05) is 7.05 Å². The number of nitrogens with zero attached hydrogens (tertiary/aromatic N) is 1. The Balaban J connectivity index is 2.70. The van der Waals surface area contributed by atoms with Crippen LogP contribution in [-0.4, -0.2) is 31.6 Å². The fourth-order valence-electron chi connectivity index (χ4n) is 2.39. The quantitative estimate of drug-likeness (QED) is 0.796. The highest BCUT2D eigenvalue weighted by Gasteiger charge is 2.21. The normalized spacial score (nSPS) is 16.6. The number of rotatable bonds is 7. The van der Waals surface area contributed by atoms with Crippen LogP contribution in [-0.2, 0) is 0 Å². The lowest BCUT2D eigenvalue weighted by molar-refractivity contribution is 0.185. The summed E-state index contributed by atoms with van der Waals surface area (Å²) in [6, 6.07) is 11.6. The van der Waals surface area contributed by atoms with Gasteiger partial charge in [-0.2, -0.15) is 0 Å². The number of nitrogens with one attached hydrogen (secondary N) is 1. The first kappa shape index (κ1) is 15.2. The van der Waals surface area contributed by atoms with Crippen molar-refractivity contribution < 1.29 is 0 Å². The summed E-state index contributed by atoms with van der Waals surface area (Å²) in [7, 11) is 4.27. The largest absolute Gasteiger partial charge is 0.312 e. The second kappa shape index (κ2) is 7.55. The molecule has 18 heavy (non-hydrogen) atoms. The van der Waals surface area contributed by atoms with E-state index in [0.29, 0.717) is 12.1 Å². The first-order valence-corrected chi connectivity index (χ1v) is 7.02. The zero-order chi connectivity index (χ0) is 13.5. The molecular formula is C16H28N2. The average Bonchev–Trinajstić information content (AvgIpc) is 2.40. The smallest absolute Gasteiger partial charge is 0.0472 e. The number of likely N-dealkylation sites (N-methyl/N-ethyl adjacent to an activating group) is 2. The zero-order valence-electron chi connectivity index (χ0n) is 12.5. The molecule has 0 saturated carbocycles. The molecule has 3 unspecified atom stereocenters. The van der Waals surface area contributed by atoms with Crippen molar-refractivity contribution in [3.05, 3.63) is 35.9 Å². The topological polar surface area (TPSA) is 15.3 Å². The summed E-state index contributed by atoms with van der Waals surface area (Å²) in [6.45, 7) is 8.04. The summed E-state index contributed by atoms with van der Waals surface area (Å²) in [4.78, 5) is 2.46. The van der Waals surface area contributed by atoms with Crippen LogP contribution in [0.5, 0.6) is 0 Å². The monoisotopic (exact) mass is 248 g/mol. The molecule has 2 heteroatoms. The van der Waals surface area contributed by atoms with Gasteiger partial charge in [-0.3, -0.25) is 0 Å². The molecule has 0 aliphatic carbocycles. The maximum atomic E-state index is 3.45. The predicted octanol–water partition coefficient (Wildman–Crippen LogP) is 3.31. The molecule has 3 atom stereocenters. The number of hydrogen-bond acceptors (Lipinski definition) is 2. The highest BCUT2D eigenvalue weighted by atomic mass is 15.2. The summed E-state index contributed by atoms with van der Waals surface area (Å²) in [5.74, 6) is 0.755. The summed E-state index contributed by atoms with van der Waals surface area (Å²) < 4.78 is 0.